The topological polar surface area (TPSA) is 86.5 Å². The van der Waals surface area contributed by atoms with E-state index in [0.717, 1.165) is 6.26 Å². The standard InChI is InChI=1S/C13H13NO5/c1-3-19-8-11(9(2)15)13(16)10-6-4-5-7-12(10)14(17)18/h4-8H,3H2,1-2H3. The number of nitro groups is 1. The Hall–Kier alpha value is -2.50. The zero-order valence-electron chi connectivity index (χ0n) is 10.6. The number of hydrogen-bond donors (Lipinski definition) is 0. The van der Waals surface area contributed by atoms with E-state index in [1.807, 2.05) is 0 Å². The molecular formula is C13H13NO5. The van der Waals surface area contributed by atoms with Crippen LogP contribution < -0.4 is 0 Å². The lowest BCUT2D eigenvalue weighted by Gasteiger charge is -2.04. The lowest BCUT2D eigenvalue weighted by molar-refractivity contribution is -0.385. The van der Waals surface area contributed by atoms with Crippen LogP contribution in [0.5, 0.6) is 0 Å². The SMILES string of the molecule is CCOC=C(C(C)=O)C(=O)c1ccccc1[N+](=O)[O-]. The van der Waals surface area contributed by atoms with Gasteiger partial charge in [-0.3, -0.25) is 19.7 Å². The van der Waals surface area contributed by atoms with Crippen molar-refractivity contribution in [3.8, 4) is 0 Å². The maximum Gasteiger partial charge on any atom is 0.280 e. The molecular weight excluding hydrogens is 250 g/mol. The van der Waals surface area contributed by atoms with Crippen LogP contribution >= 0.6 is 0 Å². The first-order valence-electron chi connectivity index (χ1n) is 5.59. The quantitative estimate of drug-likeness (QED) is 0.149. The van der Waals surface area contributed by atoms with Crippen LogP contribution in [0.3, 0.4) is 0 Å². The average molecular weight is 263 g/mol. The number of ketones is 2. The van der Waals surface area contributed by atoms with Gasteiger partial charge in [-0.2, -0.15) is 0 Å². The molecule has 0 aliphatic heterocycles. The minimum Gasteiger partial charge on any atom is -0.501 e. The van der Waals surface area contributed by atoms with Crippen LogP contribution in [-0.4, -0.2) is 23.1 Å². The maximum atomic E-state index is 12.1. The summed E-state index contributed by atoms with van der Waals surface area (Å²) in [6.45, 7) is 3.20. The molecule has 0 fully saturated rings. The molecule has 0 saturated carbocycles. The van der Waals surface area contributed by atoms with E-state index >= 15 is 0 Å². The summed E-state index contributed by atoms with van der Waals surface area (Å²) in [6, 6.07) is 5.47. The van der Waals surface area contributed by atoms with E-state index in [0.29, 0.717) is 6.61 Å². The Morgan fingerprint density at radius 3 is 2.53 bits per heavy atom. The first kappa shape index (κ1) is 14.6. The number of Topliss-reactive ketones (excluding diaryl/α,β-unsaturated/α-hetero) is 2. The predicted molar refractivity (Wildman–Crippen MR) is 67.8 cm³/mol. The molecule has 0 amide bonds. The maximum absolute atomic E-state index is 12.1. The highest BCUT2D eigenvalue weighted by Gasteiger charge is 2.24. The number of ether oxygens (including phenoxy) is 1. The normalized spacial score (nSPS) is 10.9. The van der Waals surface area contributed by atoms with E-state index in [1.165, 1.54) is 31.2 Å². The molecule has 0 atom stereocenters. The van der Waals surface area contributed by atoms with Gasteiger partial charge in [0.15, 0.2) is 5.78 Å². The molecule has 100 valence electrons. The smallest absolute Gasteiger partial charge is 0.280 e. The van der Waals surface area contributed by atoms with Crippen molar-refractivity contribution in [1.82, 2.24) is 0 Å². The van der Waals surface area contributed by atoms with Gasteiger partial charge in [-0.05, 0) is 19.9 Å². The van der Waals surface area contributed by atoms with Crippen molar-refractivity contribution < 1.29 is 19.2 Å². The summed E-state index contributed by atoms with van der Waals surface area (Å²) >= 11 is 0. The lowest BCUT2D eigenvalue weighted by atomic mass is 10.0. The summed E-state index contributed by atoms with van der Waals surface area (Å²) in [7, 11) is 0. The number of nitrogens with zero attached hydrogens (tertiary/aromatic N) is 1. The third-order valence-electron chi connectivity index (χ3n) is 2.34. The summed E-state index contributed by atoms with van der Waals surface area (Å²) in [5, 5.41) is 10.9. The Kier molecular flexibility index (Phi) is 4.93. The number of para-hydroxylation sites is 1. The molecule has 0 spiro atoms. The van der Waals surface area contributed by atoms with E-state index < -0.39 is 16.5 Å². The average Bonchev–Trinajstić information content (AvgIpc) is 2.38. The molecule has 0 saturated heterocycles. The number of carbonyl (C=O) groups is 2. The molecule has 0 aromatic heterocycles. The minimum atomic E-state index is -0.715. The third kappa shape index (κ3) is 3.48. The van der Waals surface area contributed by atoms with Crippen molar-refractivity contribution >= 4 is 17.3 Å². The van der Waals surface area contributed by atoms with Crippen LogP contribution in [0.15, 0.2) is 36.1 Å². The molecule has 0 radical (unpaired) electrons. The molecule has 1 rings (SSSR count). The highest BCUT2D eigenvalue weighted by atomic mass is 16.6. The Morgan fingerprint density at radius 2 is 2.00 bits per heavy atom. The van der Waals surface area contributed by atoms with Crippen molar-refractivity contribution in [1.29, 1.82) is 0 Å². The minimum absolute atomic E-state index is 0.131. The largest absolute Gasteiger partial charge is 0.501 e. The van der Waals surface area contributed by atoms with E-state index in [-0.39, 0.29) is 16.8 Å². The van der Waals surface area contributed by atoms with Gasteiger partial charge in [-0.1, -0.05) is 12.1 Å². The summed E-state index contributed by atoms with van der Waals surface area (Å²) in [5.41, 5.74) is -0.680. The van der Waals surface area contributed by atoms with Crippen molar-refractivity contribution in [2.24, 2.45) is 0 Å². The predicted octanol–water partition coefficient (Wildman–Crippen LogP) is 2.29. The molecule has 0 aliphatic carbocycles. The van der Waals surface area contributed by atoms with Gasteiger partial charge in [-0.15, -0.1) is 0 Å². The van der Waals surface area contributed by atoms with Crippen molar-refractivity contribution in [2.75, 3.05) is 6.61 Å². The molecule has 19 heavy (non-hydrogen) atoms. The Balaban J connectivity index is 3.25. The second-order valence-corrected chi connectivity index (χ2v) is 3.65. The van der Waals surface area contributed by atoms with Gasteiger partial charge in [0.1, 0.15) is 5.56 Å². The van der Waals surface area contributed by atoms with Crippen LogP contribution in [0, 0.1) is 10.1 Å². The summed E-state index contributed by atoms with van der Waals surface area (Å²) in [5.74, 6) is -1.22. The van der Waals surface area contributed by atoms with E-state index in [1.54, 1.807) is 6.92 Å². The monoisotopic (exact) mass is 263 g/mol. The van der Waals surface area contributed by atoms with E-state index in [9.17, 15) is 19.7 Å². The fourth-order valence-corrected chi connectivity index (χ4v) is 1.43. The van der Waals surface area contributed by atoms with Crippen molar-refractivity contribution in [3.05, 3.63) is 51.8 Å². The van der Waals surface area contributed by atoms with Gasteiger partial charge in [0.05, 0.1) is 23.4 Å². The summed E-state index contributed by atoms with van der Waals surface area (Å²) in [4.78, 5) is 33.7. The van der Waals surface area contributed by atoms with Gasteiger partial charge >= 0.3 is 0 Å². The number of carbonyl (C=O) groups excluding carboxylic acids is 2. The van der Waals surface area contributed by atoms with Crippen molar-refractivity contribution in [3.63, 3.8) is 0 Å². The molecule has 0 bridgehead atoms. The Labute approximate surface area is 109 Å². The van der Waals surface area contributed by atoms with Gasteiger partial charge < -0.3 is 4.74 Å². The molecule has 0 unspecified atom stereocenters. The fourth-order valence-electron chi connectivity index (χ4n) is 1.43. The molecule has 0 N–H and O–H groups in total. The Bertz CT molecular complexity index is 548. The second kappa shape index (κ2) is 6.44. The highest BCUT2D eigenvalue weighted by molar-refractivity contribution is 6.26. The van der Waals surface area contributed by atoms with Gasteiger partial charge in [-0.25, -0.2) is 0 Å². The lowest BCUT2D eigenvalue weighted by Crippen LogP contribution is -2.13. The van der Waals surface area contributed by atoms with Gasteiger partial charge in [0.25, 0.3) is 5.69 Å². The Morgan fingerprint density at radius 1 is 1.37 bits per heavy atom. The van der Waals surface area contributed by atoms with Crippen LogP contribution in [0.2, 0.25) is 0 Å². The van der Waals surface area contributed by atoms with Gasteiger partial charge in [0, 0.05) is 6.07 Å². The second-order valence-electron chi connectivity index (χ2n) is 3.65. The van der Waals surface area contributed by atoms with E-state index in [2.05, 4.69) is 0 Å². The van der Waals surface area contributed by atoms with Crippen LogP contribution in [-0.2, 0) is 9.53 Å². The molecule has 6 heteroatoms. The third-order valence-corrected chi connectivity index (χ3v) is 2.34. The van der Waals surface area contributed by atoms with Crippen LogP contribution in [0.4, 0.5) is 5.69 Å². The number of rotatable bonds is 6. The molecule has 0 aliphatic rings. The number of allylic oxidation sites excluding steroid dienone is 1. The number of hydrogen-bond acceptors (Lipinski definition) is 5. The van der Waals surface area contributed by atoms with Gasteiger partial charge in [0.2, 0.25) is 5.78 Å². The first-order chi connectivity index (χ1) is 8.99. The zero-order chi connectivity index (χ0) is 14.4. The summed E-state index contributed by atoms with van der Waals surface area (Å²) < 4.78 is 4.93. The van der Waals surface area contributed by atoms with Crippen LogP contribution in [0.25, 0.3) is 0 Å². The molecule has 1 aromatic rings. The van der Waals surface area contributed by atoms with Crippen LogP contribution in [0.1, 0.15) is 24.2 Å². The molecule has 1 aromatic carbocycles. The molecule has 0 heterocycles. The summed E-state index contributed by atoms with van der Waals surface area (Å²) in [6.07, 6.45) is 1.04. The van der Waals surface area contributed by atoms with E-state index in [4.69, 9.17) is 4.74 Å². The fraction of sp³-hybridized carbons (Fsp3) is 0.231. The first-order valence-corrected chi connectivity index (χ1v) is 5.59. The highest BCUT2D eigenvalue weighted by Crippen LogP contribution is 2.21. The number of benzene rings is 1. The van der Waals surface area contributed by atoms with Crippen molar-refractivity contribution in [2.45, 2.75) is 13.8 Å². The molecule has 6 nitrogen and oxygen atoms in total. The number of nitro benzene ring substituents is 1. The zero-order valence-corrected chi connectivity index (χ0v) is 10.6.